The number of carbonyl (C=O) groups excluding carboxylic acids is 1. The van der Waals surface area contributed by atoms with Crippen LogP contribution in [0.5, 0.6) is 5.75 Å². The lowest BCUT2D eigenvalue weighted by molar-refractivity contribution is -0.119. The molecule has 1 amide bonds. The van der Waals surface area contributed by atoms with Gasteiger partial charge in [0.25, 0.3) is 5.56 Å². The zero-order valence-electron chi connectivity index (χ0n) is 16.5. The van der Waals surface area contributed by atoms with Gasteiger partial charge in [-0.05, 0) is 74.9 Å². The first-order chi connectivity index (χ1) is 13.9. The number of benzene rings is 2. The fraction of sp³-hybridized carbons (Fsp3) is 0.227. The van der Waals surface area contributed by atoms with Gasteiger partial charge in [0, 0.05) is 21.8 Å². The second-order valence-corrected chi connectivity index (χ2v) is 7.50. The van der Waals surface area contributed by atoms with Gasteiger partial charge in [-0.3, -0.25) is 9.59 Å². The molecule has 1 heterocycles. The molecule has 0 aliphatic carbocycles. The highest BCUT2D eigenvalue weighted by Crippen LogP contribution is 2.22. The van der Waals surface area contributed by atoms with Gasteiger partial charge in [-0.25, -0.2) is 4.68 Å². The Balaban J connectivity index is 1.84. The van der Waals surface area contributed by atoms with Crippen molar-refractivity contribution in [3.05, 3.63) is 75.0 Å². The minimum atomic E-state index is -0.770. The number of aryl methyl sites for hydroxylation is 1. The van der Waals surface area contributed by atoms with Crippen molar-refractivity contribution in [3.8, 4) is 17.0 Å². The summed E-state index contributed by atoms with van der Waals surface area (Å²) in [6, 6.07) is 15.3. The van der Waals surface area contributed by atoms with E-state index in [-0.39, 0.29) is 11.5 Å². The number of hydrogen-bond acceptors (Lipinski definition) is 4. The van der Waals surface area contributed by atoms with Crippen molar-refractivity contribution in [1.29, 1.82) is 0 Å². The smallest absolute Gasteiger partial charge is 0.267 e. The second kappa shape index (κ2) is 9.05. The SMILES string of the molecule is CCOc1ccc(-c2ccc(=O)n(C(C)C(=O)Nc3ccc(Br)cc3C)n2)cc1. The van der Waals surface area contributed by atoms with Crippen LogP contribution in [0.15, 0.2) is 63.9 Å². The summed E-state index contributed by atoms with van der Waals surface area (Å²) >= 11 is 3.40. The maximum absolute atomic E-state index is 12.7. The summed E-state index contributed by atoms with van der Waals surface area (Å²) in [7, 11) is 0. The molecule has 6 nitrogen and oxygen atoms in total. The van der Waals surface area contributed by atoms with Crippen molar-refractivity contribution in [2.45, 2.75) is 26.8 Å². The van der Waals surface area contributed by atoms with Crippen LogP contribution in [0, 0.1) is 6.92 Å². The molecular weight excluding hydrogens is 434 g/mol. The molecule has 1 N–H and O–H groups in total. The van der Waals surface area contributed by atoms with Crippen molar-refractivity contribution in [2.75, 3.05) is 11.9 Å². The van der Waals surface area contributed by atoms with Gasteiger partial charge in [-0.15, -0.1) is 0 Å². The average molecular weight is 456 g/mol. The fourth-order valence-corrected chi connectivity index (χ4v) is 3.34. The number of ether oxygens (including phenoxy) is 1. The molecule has 1 aromatic heterocycles. The van der Waals surface area contributed by atoms with Crippen LogP contribution in [0.4, 0.5) is 5.69 Å². The lowest BCUT2D eigenvalue weighted by Crippen LogP contribution is -2.33. The van der Waals surface area contributed by atoms with Crippen molar-refractivity contribution >= 4 is 27.5 Å². The Morgan fingerprint density at radius 1 is 1.17 bits per heavy atom. The molecule has 3 aromatic rings. The molecule has 1 atom stereocenters. The molecule has 3 rings (SSSR count). The lowest BCUT2D eigenvalue weighted by Gasteiger charge is -2.16. The Bertz CT molecular complexity index is 1080. The van der Waals surface area contributed by atoms with E-state index in [1.165, 1.54) is 10.7 Å². The van der Waals surface area contributed by atoms with Gasteiger partial charge in [0.15, 0.2) is 0 Å². The Morgan fingerprint density at radius 3 is 2.55 bits per heavy atom. The number of hydrogen-bond donors (Lipinski definition) is 1. The molecule has 150 valence electrons. The first-order valence-corrected chi connectivity index (χ1v) is 10.1. The van der Waals surface area contributed by atoms with E-state index in [0.717, 1.165) is 21.3 Å². The maximum atomic E-state index is 12.7. The molecule has 0 saturated heterocycles. The molecule has 0 bridgehead atoms. The topological polar surface area (TPSA) is 73.2 Å². The van der Waals surface area contributed by atoms with Gasteiger partial charge < -0.3 is 10.1 Å². The molecule has 2 aromatic carbocycles. The number of aromatic nitrogens is 2. The largest absolute Gasteiger partial charge is 0.494 e. The third-order valence-corrected chi connectivity index (χ3v) is 4.97. The third kappa shape index (κ3) is 4.92. The Kier molecular flexibility index (Phi) is 6.49. The van der Waals surface area contributed by atoms with Gasteiger partial charge in [-0.2, -0.15) is 5.10 Å². The van der Waals surface area contributed by atoms with E-state index in [4.69, 9.17) is 4.74 Å². The van der Waals surface area contributed by atoms with E-state index in [2.05, 4.69) is 26.3 Å². The quantitative estimate of drug-likeness (QED) is 0.590. The molecule has 7 heteroatoms. The summed E-state index contributed by atoms with van der Waals surface area (Å²) < 4.78 is 7.59. The number of nitrogens with zero attached hydrogens (tertiary/aromatic N) is 2. The zero-order chi connectivity index (χ0) is 21.0. The summed E-state index contributed by atoms with van der Waals surface area (Å²) in [4.78, 5) is 25.1. The number of carbonyl (C=O) groups is 1. The van der Waals surface area contributed by atoms with Crippen molar-refractivity contribution < 1.29 is 9.53 Å². The van der Waals surface area contributed by atoms with Crippen LogP contribution in [0.3, 0.4) is 0 Å². The summed E-state index contributed by atoms with van der Waals surface area (Å²) in [5, 5.41) is 7.28. The van der Waals surface area contributed by atoms with Gasteiger partial charge in [0.2, 0.25) is 5.91 Å². The van der Waals surface area contributed by atoms with Gasteiger partial charge >= 0.3 is 0 Å². The van der Waals surface area contributed by atoms with Gasteiger partial charge in [0.05, 0.1) is 12.3 Å². The molecule has 0 spiro atoms. The average Bonchev–Trinajstić information content (AvgIpc) is 2.71. The normalized spacial score (nSPS) is 11.7. The highest BCUT2D eigenvalue weighted by atomic mass is 79.9. The summed E-state index contributed by atoms with van der Waals surface area (Å²) in [5.41, 5.74) is 2.71. The minimum absolute atomic E-state index is 0.311. The van der Waals surface area contributed by atoms with Crippen molar-refractivity contribution in [1.82, 2.24) is 9.78 Å². The van der Waals surface area contributed by atoms with E-state index in [0.29, 0.717) is 18.0 Å². The highest BCUT2D eigenvalue weighted by molar-refractivity contribution is 9.10. The fourth-order valence-electron chi connectivity index (χ4n) is 2.86. The predicted octanol–water partition coefficient (Wildman–Crippen LogP) is 4.58. The monoisotopic (exact) mass is 455 g/mol. The summed E-state index contributed by atoms with van der Waals surface area (Å²) in [5.74, 6) is 0.455. The first kappa shape index (κ1) is 20.8. The molecule has 0 radical (unpaired) electrons. The second-order valence-electron chi connectivity index (χ2n) is 6.58. The number of rotatable bonds is 6. The van der Waals surface area contributed by atoms with Gasteiger partial charge in [0.1, 0.15) is 11.8 Å². The molecule has 0 aliphatic rings. The van der Waals surface area contributed by atoms with E-state index in [9.17, 15) is 9.59 Å². The zero-order valence-corrected chi connectivity index (χ0v) is 18.1. The molecule has 0 saturated carbocycles. The van der Waals surface area contributed by atoms with E-state index in [1.807, 2.05) is 56.3 Å². The summed E-state index contributed by atoms with van der Waals surface area (Å²) in [6.07, 6.45) is 0. The Hall–Kier alpha value is -2.93. The maximum Gasteiger partial charge on any atom is 0.267 e. The number of anilines is 1. The number of amides is 1. The minimum Gasteiger partial charge on any atom is -0.494 e. The summed E-state index contributed by atoms with van der Waals surface area (Å²) in [6.45, 7) is 6.07. The first-order valence-electron chi connectivity index (χ1n) is 9.29. The molecule has 1 unspecified atom stereocenters. The van der Waals surface area contributed by atoms with E-state index >= 15 is 0 Å². The van der Waals surface area contributed by atoms with E-state index < -0.39 is 6.04 Å². The van der Waals surface area contributed by atoms with Crippen LogP contribution in [-0.2, 0) is 4.79 Å². The van der Waals surface area contributed by atoms with Crippen LogP contribution >= 0.6 is 15.9 Å². The van der Waals surface area contributed by atoms with Crippen LogP contribution in [0.25, 0.3) is 11.3 Å². The molecule has 0 fully saturated rings. The lowest BCUT2D eigenvalue weighted by atomic mass is 10.1. The molecule has 29 heavy (non-hydrogen) atoms. The number of nitrogens with one attached hydrogen (secondary N) is 1. The van der Waals surface area contributed by atoms with E-state index in [1.54, 1.807) is 13.0 Å². The molecule has 0 aliphatic heterocycles. The highest BCUT2D eigenvalue weighted by Gasteiger charge is 2.19. The van der Waals surface area contributed by atoms with Crippen LogP contribution in [0.2, 0.25) is 0 Å². The molecular formula is C22H22BrN3O3. The number of halogens is 1. The van der Waals surface area contributed by atoms with Crippen molar-refractivity contribution in [2.24, 2.45) is 0 Å². The predicted molar refractivity (Wildman–Crippen MR) is 117 cm³/mol. The standard InChI is InChI=1S/C22H22BrN3O3/c1-4-29-18-8-5-16(6-9-18)20-11-12-21(27)26(25-20)15(3)22(28)24-19-10-7-17(23)13-14(19)2/h5-13,15H,4H2,1-3H3,(H,24,28). The van der Waals surface area contributed by atoms with Crippen molar-refractivity contribution in [3.63, 3.8) is 0 Å². The third-order valence-electron chi connectivity index (χ3n) is 4.48. The van der Waals surface area contributed by atoms with Crippen LogP contribution < -0.4 is 15.6 Å². The Morgan fingerprint density at radius 2 is 1.90 bits per heavy atom. The van der Waals surface area contributed by atoms with Crippen LogP contribution in [-0.4, -0.2) is 22.3 Å². The van der Waals surface area contributed by atoms with Crippen LogP contribution in [0.1, 0.15) is 25.5 Å². The van der Waals surface area contributed by atoms with Gasteiger partial charge in [-0.1, -0.05) is 15.9 Å². The Labute approximate surface area is 177 Å².